The van der Waals surface area contributed by atoms with Crippen LogP contribution >= 0.6 is 7.92 Å². The van der Waals surface area contributed by atoms with E-state index >= 15 is 0 Å². The quantitative estimate of drug-likeness (QED) is 0.484. The number of hydrogen-bond acceptors (Lipinski definition) is 0. The Kier molecular flexibility index (Phi) is 5.51. The van der Waals surface area contributed by atoms with Gasteiger partial charge in [-0.25, -0.2) is 0 Å². The fraction of sp³-hybridized carbons (Fsp3) is 0.280. The molecule has 0 amide bonds. The lowest BCUT2D eigenvalue weighted by Gasteiger charge is -2.33. The summed E-state index contributed by atoms with van der Waals surface area (Å²) in [7, 11) is -0.314. The summed E-state index contributed by atoms with van der Waals surface area (Å²) in [5.74, 6) is 1.39. The molecule has 1 saturated carbocycles. The predicted octanol–water partition coefficient (Wildman–Crippen LogP) is 6.09. The molecule has 3 aromatic rings. The molecule has 3 aromatic carbocycles. The molecule has 1 aliphatic rings. The second-order valence-electron chi connectivity index (χ2n) is 7.40. The summed E-state index contributed by atoms with van der Waals surface area (Å²) in [6.07, 6.45) is 4.08. The van der Waals surface area contributed by atoms with Crippen LogP contribution < -0.4 is 10.6 Å². The molecule has 1 aliphatic carbocycles. The molecule has 0 nitrogen and oxygen atoms in total. The van der Waals surface area contributed by atoms with E-state index in [1.54, 1.807) is 0 Å². The van der Waals surface area contributed by atoms with Crippen LogP contribution in [0.3, 0.4) is 0 Å². The first kappa shape index (κ1) is 17.5. The average Bonchev–Trinajstić information content (AvgIpc) is 3.19. The minimum Gasteiger partial charge on any atom is -0.0622 e. The molecule has 2 unspecified atom stereocenters. The van der Waals surface area contributed by atoms with Gasteiger partial charge in [-0.1, -0.05) is 104 Å². The van der Waals surface area contributed by atoms with Crippen molar-refractivity contribution >= 4 is 18.5 Å². The fourth-order valence-electron chi connectivity index (χ4n) is 4.59. The summed E-state index contributed by atoms with van der Waals surface area (Å²) in [6.45, 7) is 2.45. The van der Waals surface area contributed by atoms with E-state index in [4.69, 9.17) is 0 Å². The maximum absolute atomic E-state index is 2.45. The molecule has 132 valence electrons. The van der Waals surface area contributed by atoms with E-state index in [0.717, 1.165) is 11.6 Å². The van der Waals surface area contributed by atoms with E-state index in [9.17, 15) is 0 Å². The lowest BCUT2D eigenvalue weighted by Crippen LogP contribution is -2.27. The van der Waals surface area contributed by atoms with E-state index < -0.39 is 0 Å². The Labute approximate surface area is 159 Å². The fourth-order valence-corrected chi connectivity index (χ4v) is 7.87. The van der Waals surface area contributed by atoms with Crippen molar-refractivity contribution in [3.8, 4) is 0 Å². The molecule has 3 atom stereocenters. The second kappa shape index (κ2) is 8.19. The second-order valence-corrected chi connectivity index (χ2v) is 9.84. The molecule has 0 radical (unpaired) electrons. The maximum atomic E-state index is 2.45. The third-order valence-corrected chi connectivity index (χ3v) is 8.91. The van der Waals surface area contributed by atoms with Gasteiger partial charge in [0.25, 0.3) is 0 Å². The van der Waals surface area contributed by atoms with E-state index in [2.05, 4.69) is 97.9 Å². The van der Waals surface area contributed by atoms with Gasteiger partial charge in [-0.2, -0.15) is 0 Å². The van der Waals surface area contributed by atoms with Gasteiger partial charge in [0.15, 0.2) is 0 Å². The van der Waals surface area contributed by atoms with Crippen LogP contribution in [-0.4, -0.2) is 5.66 Å². The van der Waals surface area contributed by atoms with Crippen molar-refractivity contribution in [2.75, 3.05) is 0 Å². The molecule has 26 heavy (non-hydrogen) atoms. The van der Waals surface area contributed by atoms with Crippen molar-refractivity contribution in [2.24, 2.45) is 5.92 Å². The molecule has 0 aliphatic heterocycles. The topological polar surface area (TPSA) is 0 Å². The van der Waals surface area contributed by atoms with E-state index in [0.29, 0.717) is 5.92 Å². The van der Waals surface area contributed by atoms with Crippen molar-refractivity contribution in [3.63, 3.8) is 0 Å². The van der Waals surface area contributed by atoms with Crippen molar-refractivity contribution in [1.82, 2.24) is 0 Å². The van der Waals surface area contributed by atoms with Crippen LogP contribution in [0.25, 0.3) is 0 Å². The number of hydrogen-bond donors (Lipinski definition) is 0. The van der Waals surface area contributed by atoms with Crippen molar-refractivity contribution in [2.45, 2.75) is 37.8 Å². The van der Waals surface area contributed by atoms with E-state index in [1.165, 1.54) is 35.4 Å². The molecule has 0 aromatic heterocycles. The largest absolute Gasteiger partial charge is 0.0622 e. The molecule has 1 fully saturated rings. The van der Waals surface area contributed by atoms with Crippen molar-refractivity contribution in [3.05, 3.63) is 96.6 Å². The first-order valence-electron chi connectivity index (χ1n) is 9.79. The summed E-state index contributed by atoms with van der Waals surface area (Å²) in [6, 6.07) is 33.6. The monoisotopic (exact) mass is 358 g/mol. The summed E-state index contributed by atoms with van der Waals surface area (Å²) < 4.78 is 0. The molecule has 0 saturated heterocycles. The van der Waals surface area contributed by atoms with Gasteiger partial charge in [0.1, 0.15) is 0 Å². The Morgan fingerprint density at radius 2 is 1.19 bits per heavy atom. The third-order valence-electron chi connectivity index (χ3n) is 5.90. The van der Waals surface area contributed by atoms with Crippen molar-refractivity contribution in [1.29, 1.82) is 0 Å². The highest BCUT2D eigenvalue weighted by atomic mass is 31.1. The molecule has 0 bridgehead atoms. The highest BCUT2D eigenvalue weighted by molar-refractivity contribution is 7.73. The van der Waals surface area contributed by atoms with E-state index in [1.807, 2.05) is 0 Å². The van der Waals surface area contributed by atoms with Gasteiger partial charge in [0, 0.05) is 0 Å². The normalized spacial score (nSPS) is 21.0. The SMILES string of the molecule is C[C@H](c1ccccc1)C1CCCC1P(c1ccccc1)c1ccccc1. The van der Waals surface area contributed by atoms with Crippen LogP contribution in [0.2, 0.25) is 0 Å². The van der Waals surface area contributed by atoms with Gasteiger partial charge in [-0.05, 0) is 54.4 Å². The molecule has 0 heterocycles. The zero-order valence-electron chi connectivity index (χ0n) is 15.5. The first-order valence-corrected chi connectivity index (χ1v) is 11.2. The van der Waals surface area contributed by atoms with Crippen LogP contribution in [0.15, 0.2) is 91.0 Å². The van der Waals surface area contributed by atoms with E-state index in [-0.39, 0.29) is 7.92 Å². The van der Waals surface area contributed by atoms with Gasteiger partial charge in [-0.3, -0.25) is 0 Å². The van der Waals surface area contributed by atoms with Crippen LogP contribution in [0.5, 0.6) is 0 Å². The Morgan fingerprint density at radius 3 is 1.73 bits per heavy atom. The van der Waals surface area contributed by atoms with Gasteiger partial charge >= 0.3 is 0 Å². The summed E-state index contributed by atoms with van der Waals surface area (Å²) in [5.41, 5.74) is 2.27. The van der Waals surface area contributed by atoms with Gasteiger partial charge < -0.3 is 0 Å². The highest BCUT2D eigenvalue weighted by Gasteiger charge is 2.38. The Balaban J connectivity index is 1.71. The lowest BCUT2D eigenvalue weighted by molar-refractivity contribution is 0.468. The van der Waals surface area contributed by atoms with Gasteiger partial charge in [0.2, 0.25) is 0 Å². The first-order chi connectivity index (χ1) is 12.8. The van der Waals surface area contributed by atoms with Crippen molar-refractivity contribution < 1.29 is 0 Å². The smallest absolute Gasteiger partial charge is 0.00947 e. The summed E-state index contributed by atoms with van der Waals surface area (Å²) >= 11 is 0. The molecular weight excluding hydrogens is 331 g/mol. The number of benzene rings is 3. The van der Waals surface area contributed by atoms with Gasteiger partial charge in [0.05, 0.1) is 0 Å². The van der Waals surface area contributed by atoms with Gasteiger partial charge in [-0.15, -0.1) is 0 Å². The van der Waals surface area contributed by atoms with Crippen LogP contribution in [0.4, 0.5) is 0 Å². The summed E-state index contributed by atoms with van der Waals surface area (Å²) in [5, 5.41) is 3.07. The van der Waals surface area contributed by atoms with Crippen LogP contribution in [0, 0.1) is 5.92 Å². The Bertz CT molecular complexity index is 758. The molecule has 0 N–H and O–H groups in total. The maximum Gasteiger partial charge on any atom is -0.00947 e. The molecule has 4 rings (SSSR count). The number of rotatable bonds is 5. The lowest BCUT2D eigenvalue weighted by atomic mass is 9.86. The minimum atomic E-state index is -0.314. The molecule has 0 spiro atoms. The summed E-state index contributed by atoms with van der Waals surface area (Å²) in [4.78, 5) is 0. The van der Waals surface area contributed by atoms with Crippen LogP contribution in [0.1, 0.15) is 37.7 Å². The minimum absolute atomic E-state index is 0.314. The highest BCUT2D eigenvalue weighted by Crippen LogP contribution is 2.53. The predicted molar refractivity (Wildman–Crippen MR) is 115 cm³/mol. The Hall–Kier alpha value is -1.91. The molecule has 1 heteroatoms. The van der Waals surface area contributed by atoms with Crippen LogP contribution in [-0.2, 0) is 0 Å². The third kappa shape index (κ3) is 3.62. The standard InChI is InChI=1S/C25H27P/c1-20(21-12-5-2-6-13-21)24-18-11-19-25(24)26(22-14-7-3-8-15-22)23-16-9-4-10-17-23/h2-10,12-17,20,24-25H,11,18-19H2,1H3/t20-,24?,25?/m1/s1. The zero-order valence-corrected chi connectivity index (χ0v) is 16.4. The average molecular weight is 358 g/mol. The molecular formula is C25H27P. The zero-order chi connectivity index (χ0) is 17.8. The Morgan fingerprint density at radius 1 is 0.692 bits per heavy atom.